The second-order valence-corrected chi connectivity index (χ2v) is 22.4. The number of hydrogen-bond donors (Lipinski definition) is 2. The molecule has 0 fully saturated rings. The van der Waals surface area contributed by atoms with Crippen molar-refractivity contribution in [1.29, 1.82) is 0 Å². The Kier molecular flexibility index (Phi) is 18.9. The summed E-state index contributed by atoms with van der Waals surface area (Å²) in [5.74, 6) is -0.0298. The van der Waals surface area contributed by atoms with Gasteiger partial charge < -0.3 is 24.8 Å². The van der Waals surface area contributed by atoms with Crippen molar-refractivity contribution >= 4 is 75.4 Å². The third kappa shape index (κ3) is 14.3. The molecule has 4 heterocycles. The summed E-state index contributed by atoms with van der Waals surface area (Å²) in [5.41, 5.74) is 9.80. The number of amides is 4. The lowest BCUT2D eigenvalue weighted by Crippen LogP contribution is -2.33. The molecule has 21 heteroatoms. The highest BCUT2D eigenvalue weighted by atomic mass is 35.5. The summed E-state index contributed by atoms with van der Waals surface area (Å²) in [7, 11) is 0. The fourth-order valence-electron chi connectivity index (χ4n) is 9.67. The first-order chi connectivity index (χ1) is 41.6. The number of para-hydroxylation sites is 1. The summed E-state index contributed by atoms with van der Waals surface area (Å²) in [6.45, 7) is 21.4. The molecule has 4 amide bonds. The number of aromatic nitrogens is 6. The molecular formula is C66H69ClN12O8. The maximum absolute atomic E-state index is 13.8. The molecule has 2 aromatic heterocycles. The fraction of sp³-hybridized carbons (Fsp3) is 0.288. The van der Waals surface area contributed by atoms with Crippen LogP contribution in [-0.4, -0.2) is 83.7 Å². The first-order valence-electron chi connectivity index (χ1n) is 28.6. The van der Waals surface area contributed by atoms with E-state index in [2.05, 4.69) is 68.1 Å². The minimum atomic E-state index is -1.02. The quantitative estimate of drug-likeness (QED) is 0.0569. The molecule has 2 aliphatic rings. The van der Waals surface area contributed by atoms with E-state index in [9.17, 15) is 24.0 Å². The third-order valence-electron chi connectivity index (χ3n) is 14.8. The van der Waals surface area contributed by atoms with Crippen molar-refractivity contribution < 1.29 is 38.2 Å². The zero-order chi connectivity index (χ0) is 62.3. The van der Waals surface area contributed by atoms with Crippen molar-refractivity contribution in [2.24, 2.45) is 10.2 Å². The Bertz CT molecular complexity index is 3930. The van der Waals surface area contributed by atoms with Crippen LogP contribution in [0, 0.1) is 34.6 Å². The SMILES string of the molecule is CCC(C)(C)c1cc(C)ccc1OCC1=NN(c2ccccc2)C(=O)C1n1nc(C)c(C(=O)Oc2ccc(Cl)cc2)n1.CCCC(=O)Nc1cccc(-c2nn(C3C(=O)N(c4ccc(NC(=O)C(C)Oc5ccc(C)cc5C)cc4)N=C3C)nc2C)c1. The number of nitrogens with zero attached hydrogens (tertiary/aromatic N) is 10. The molecule has 10 rings (SSSR count). The van der Waals surface area contributed by atoms with Crippen LogP contribution in [0.15, 0.2) is 150 Å². The molecule has 3 atom stereocenters. The zero-order valence-electron chi connectivity index (χ0n) is 50.5. The number of ether oxygens (including phenoxy) is 3. The van der Waals surface area contributed by atoms with Gasteiger partial charge in [-0.1, -0.05) is 105 Å². The number of rotatable bonds is 19. The van der Waals surface area contributed by atoms with Gasteiger partial charge in [-0.25, -0.2) is 4.79 Å². The molecule has 0 aliphatic carbocycles. The van der Waals surface area contributed by atoms with E-state index in [1.54, 1.807) is 81.4 Å². The molecule has 2 N–H and O–H groups in total. The Balaban J connectivity index is 0.000000208. The van der Waals surface area contributed by atoms with Gasteiger partial charge in [-0.15, -0.1) is 5.10 Å². The number of aryl methyl sites for hydroxylation is 5. The van der Waals surface area contributed by atoms with Crippen molar-refractivity contribution in [1.82, 2.24) is 30.0 Å². The maximum Gasteiger partial charge on any atom is 0.366 e. The first-order valence-corrected chi connectivity index (χ1v) is 29.0. The highest BCUT2D eigenvalue weighted by Gasteiger charge is 2.42. The van der Waals surface area contributed by atoms with Crippen LogP contribution in [0.3, 0.4) is 0 Å². The van der Waals surface area contributed by atoms with E-state index in [-0.39, 0.29) is 41.3 Å². The number of esters is 1. The van der Waals surface area contributed by atoms with E-state index in [1.165, 1.54) is 19.6 Å². The van der Waals surface area contributed by atoms with E-state index in [1.807, 2.05) is 107 Å². The predicted molar refractivity (Wildman–Crippen MR) is 336 cm³/mol. The largest absolute Gasteiger partial charge is 0.487 e. The van der Waals surface area contributed by atoms with Gasteiger partial charge in [-0.2, -0.15) is 45.1 Å². The van der Waals surface area contributed by atoms with E-state index in [4.69, 9.17) is 25.8 Å². The Morgan fingerprint density at radius 1 is 0.655 bits per heavy atom. The van der Waals surface area contributed by atoms with E-state index < -0.39 is 24.2 Å². The van der Waals surface area contributed by atoms with Crippen LogP contribution in [0.1, 0.15) is 117 Å². The zero-order valence-corrected chi connectivity index (χ0v) is 51.2. The molecule has 0 saturated heterocycles. The highest BCUT2D eigenvalue weighted by Crippen LogP contribution is 2.37. The molecule has 0 radical (unpaired) electrons. The number of anilines is 4. The van der Waals surface area contributed by atoms with Crippen molar-refractivity contribution in [2.45, 2.75) is 119 Å². The lowest BCUT2D eigenvalue weighted by atomic mass is 9.81. The van der Waals surface area contributed by atoms with Gasteiger partial charge in [0, 0.05) is 33.9 Å². The normalized spacial score (nSPS) is 15.1. The van der Waals surface area contributed by atoms with Gasteiger partial charge >= 0.3 is 5.97 Å². The van der Waals surface area contributed by atoms with Crippen molar-refractivity contribution in [3.8, 4) is 28.5 Å². The van der Waals surface area contributed by atoms with Crippen LogP contribution in [0.25, 0.3) is 11.3 Å². The standard InChI is InChI=1S/C34H37N7O4.C32H32ClN5O4/c1-7-9-30(42)35-27-11-8-10-25(19-27)31-22(4)38-41(39-31)32-23(5)37-40(34(32)44)28-15-13-26(14-16-28)36-33(43)24(6)45-29-17-12-20(2)18-21(29)3;1-6-32(4,5)25-18-20(2)12-17-27(25)41-19-26-29(30(39)37(35-26)23-10-8-7-9-11-23)38-34-21(3)28(36-38)31(40)42-24-15-13-22(33)14-16-24/h8,10-19,24,32H,7,9H2,1-6H3,(H,35,42)(H,36,43);7-18,29H,6,19H2,1-5H3. The number of halogens is 1. The number of carbonyl (C=O) groups is 5. The topological polar surface area (TPSA) is 230 Å². The van der Waals surface area contributed by atoms with Crippen LogP contribution < -0.4 is 34.9 Å². The molecule has 2 aliphatic heterocycles. The fourth-order valence-corrected chi connectivity index (χ4v) is 9.80. The van der Waals surface area contributed by atoms with Gasteiger partial charge in [-0.05, 0) is 157 Å². The van der Waals surface area contributed by atoms with Crippen LogP contribution in [0.5, 0.6) is 17.2 Å². The van der Waals surface area contributed by atoms with Gasteiger partial charge in [0.2, 0.25) is 5.91 Å². The molecule has 87 heavy (non-hydrogen) atoms. The monoisotopic (exact) mass is 1190 g/mol. The van der Waals surface area contributed by atoms with Crippen molar-refractivity contribution in [3.05, 3.63) is 184 Å². The predicted octanol–water partition coefficient (Wildman–Crippen LogP) is 12.5. The summed E-state index contributed by atoms with van der Waals surface area (Å²) in [4.78, 5) is 67.8. The summed E-state index contributed by atoms with van der Waals surface area (Å²) < 4.78 is 17.7. The Morgan fingerprint density at radius 3 is 1.99 bits per heavy atom. The summed E-state index contributed by atoms with van der Waals surface area (Å²) >= 11 is 5.94. The minimum absolute atomic E-state index is 0.0123. The van der Waals surface area contributed by atoms with Gasteiger partial charge in [0.05, 0.1) is 28.5 Å². The number of nitrogens with one attached hydrogen (secondary N) is 2. The number of carbonyl (C=O) groups excluding carboxylic acids is 5. The Hall–Kier alpha value is -9.82. The molecule has 8 aromatic rings. The number of benzene rings is 6. The maximum atomic E-state index is 13.8. The smallest absolute Gasteiger partial charge is 0.366 e. The summed E-state index contributed by atoms with van der Waals surface area (Å²) in [6.07, 6.45) is 1.41. The van der Waals surface area contributed by atoms with Gasteiger partial charge in [-0.3, -0.25) is 19.2 Å². The minimum Gasteiger partial charge on any atom is -0.487 e. The van der Waals surface area contributed by atoms with Crippen LogP contribution >= 0.6 is 11.6 Å². The van der Waals surface area contributed by atoms with Crippen LogP contribution in [-0.2, 0) is 24.6 Å². The van der Waals surface area contributed by atoms with E-state index >= 15 is 0 Å². The lowest BCUT2D eigenvalue weighted by Gasteiger charge is -2.26. The van der Waals surface area contributed by atoms with E-state index in [0.717, 1.165) is 46.4 Å². The molecule has 0 spiro atoms. The second kappa shape index (κ2) is 26.6. The molecule has 3 unspecified atom stereocenters. The number of hydrazone groups is 2. The van der Waals surface area contributed by atoms with Crippen LogP contribution in [0.4, 0.5) is 22.7 Å². The average Bonchev–Trinajstić information content (AvgIpc) is 1.89. The van der Waals surface area contributed by atoms with Crippen LogP contribution in [0.2, 0.25) is 5.02 Å². The number of hydrogen-bond acceptors (Lipinski definition) is 14. The lowest BCUT2D eigenvalue weighted by molar-refractivity contribution is -0.122. The Labute approximate surface area is 510 Å². The summed E-state index contributed by atoms with van der Waals surface area (Å²) in [6, 6.07) is 39.8. The van der Waals surface area contributed by atoms with Gasteiger partial charge in [0.15, 0.2) is 23.9 Å². The van der Waals surface area contributed by atoms with Crippen molar-refractivity contribution in [2.75, 3.05) is 27.3 Å². The highest BCUT2D eigenvalue weighted by molar-refractivity contribution is 6.30. The molecule has 0 saturated carbocycles. The molecule has 20 nitrogen and oxygen atoms in total. The molecular weight excluding hydrogens is 1120 g/mol. The van der Waals surface area contributed by atoms with E-state index in [0.29, 0.717) is 74.2 Å². The first kappa shape index (κ1) is 61.7. The Morgan fingerprint density at radius 2 is 1.30 bits per heavy atom. The summed E-state index contributed by atoms with van der Waals surface area (Å²) in [5, 5.41) is 36.1. The second-order valence-electron chi connectivity index (χ2n) is 22.0. The van der Waals surface area contributed by atoms with Crippen molar-refractivity contribution in [3.63, 3.8) is 0 Å². The average molecular weight is 1190 g/mol. The third-order valence-corrected chi connectivity index (χ3v) is 15.0. The molecule has 448 valence electrons. The molecule has 6 aromatic carbocycles. The van der Waals surface area contributed by atoms with Gasteiger partial charge in [0.25, 0.3) is 17.7 Å². The molecule has 0 bridgehead atoms. The van der Waals surface area contributed by atoms with Gasteiger partial charge in [0.1, 0.15) is 35.3 Å².